The number of hydrogen-bond acceptors (Lipinski definition) is 8. The number of carbonyl (C=O) groups excluding carboxylic acids is 1. The number of ether oxygens (including phenoxy) is 1. The highest BCUT2D eigenvalue weighted by molar-refractivity contribution is 5.76. The number of carbonyl (C=O) groups is 1. The Hall–Kier alpha value is -3.27. The molecule has 0 bridgehead atoms. The third-order valence-corrected chi connectivity index (χ3v) is 6.44. The largest absolute Gasteiger partial charge is 0.490 e. The van der Waals surface area contributed by atoms with Gasteiger partial charge in [-0.15, -0.1) is 0 Å². The summed E-state index contributed by atoms with van der Waals surface area (Å²) >= 11 is 0. The monoisotopic (exact) mass is 524 g/mol. The van der Waals surface area contributed by atoms with E-state index in [9.17, 15) is 9.90 Å². The standard InChI is InChI=1S/C29H40N4O5/c1-7-21-12-23(9-19(5)27(21)37-17-25(35)14-30-26(36)16-34)28-31-29(38-32-28)24-11-20(15-33(6)8-2)10-22(13-24)18(3)4/h9-13,18,25,34-35H,7-8,14-17H2,1-6H3,(H,30,36)/t25-/m0/s1. The summed E-state index contributed by atoms with van der Waals surface area (Å²) in [5, 5.41) is 25.6. The minimum absolute atomic E-state index is 0.00191. The third-order valence-electron chi connectivity index (χ3n) is 6.44. The van der Waals surface area contributed by atoms with Crippen LogP contribution in [0.2, 0.25) is 0 Å². The second kappa shape index (κ2) is 13.5. The van der Waals surface area contributed by atoms with Gasteiger partial charge >= 0.3 is 0 Å². The van der Waals surface area contributed by atoms with Crippen molar-refractivity contribution < 1.29 is 24.3 Å². The predicted molar refractivity (Wildman–Crippen MR) is 147 cm³/mol. The van der Waals surface area contributed by atoms with Crippen LogP contribution in [0.25, 0.3) is 22.8 Å². The van der Waals surface area contributed by atoms with E-state index in [2.05, 4.69) is 61.4 Å². The summed E-state index contributed by atoms with van der Waals surface area (Å²) in [5.41, 5.74) is 5.99. The zero-order chi connectivity index (χ0) is 27.8. The van der Waals surface area contributed by atoms with Crippen molar-refractivity contribution in [3.8, 4) is 28.6 Å². The third kappa shape index (κ3) is 7.63. The lowest BCUT2D eigenvalue weighted by Crippen LogP contribution is -2.36. The van der Waals surface area contributed by atoms with Crippen LogP contribution < -0.4 is 10.1 Å². The number of hydrogen-bond donors (Lipinski definition) is 3. The maximum absolute atomic E-state index is 11.2. The summed E-state index contributed by atoms with van der Waals surface area (Å²) in [6.45, 7) is 11.6. The van der Waals surface area contributed by atoms with Gasteiger partial charge in [0.2, 0.25) is 11.7 Å². The molecule has 206 valence electrons. The molecule has 1 amide bonds. The van der Waals surface area contributed by atoms with E-state index < -0.39 is 18.6 Å². The number of rotatable bonds is 13. The van der Waals surface area contributed by atoms with E-state index in [4.69, 9.17) is 19.4 Å². The number of aliphatic hydroxyl groups excluding tert-OH is 2. The Morgan fingerprint density at radius 2 is 1.92 bits per heavy atom. The molecule has 0 saturated heterocycles. The minimum Gasteiger partial charge on any atom is -0.490 e. The van der Waals surface area contributed by atoms with Gasteiger partial charge in [0.25, 0.3) is 5.89 Å². The number of aryl methyl sites for hydroxylation is 2. The topological polar surface area (TPSA) is 121 Å². The molecule has 1 atom stereocenters. The van der Waals surface area contributed by atoms with Gasteiger partial charge in [0.1, 0.15) is 25.1 Å². The highest BCUT2D eigenvalue weighted by Gasteiger charge is 2.18. The maximum Gasteiger partial charge on any atom is 0.258 e. The molecule has 0 unspecified atom stereocenters. The molecule has 3 rings (SSSR count). The normalized spacial score (nSPS) is 12.3. The molecule has 0 aliphatic rings. The lowest BCUT2D eigenvalue weighted by Gasteiger charge is -2.17. The second-order valence-electron chi connectivity index (χ2n) is 9.93. The van der Waals surface area contributed by atoms with Crippen molar-refractivity contribution in [1.82, 2.24) is 20.4 Å². The van der Waals surface area contributed by atoms with Crippen molar-refractivity contribution in [2.75, 3.05) is 33.4 Å². The Morgan fingerprint density at radius 1 is 1.16 bits per heavy atom. The van der Waals surface area contributed by atoms with Crippen molar-refractivity contribution in [2.24, 2.45) is 0 Å². The SMILES string of the molecule is CCc1cc(-c2noc(-c3cc(CN(C)CC)cc(C(C)C)c3)n2)cc(C)c1OC[C@@H](O)CNC(=O)CO. The molecular weight excluding hydrogens is 484 g/mol. The van der Waals surface area contributed by atoms with Crippen molar-refractivity contribution in [3.63, 3.8) is 0 Å². The van der Waals surface area contributed by atoms with Gasteiger partial charge in [-0.1, -0.05) is 38.9 Å². The fourth-order valence-electron chi connectivity index (χ4n) is 4.12. The van der Waals surface area contributed by atoms with E-state index in [-0.39, 0.29) is 13.2 Å². The smallest absolute Gasteiger partial charge is 0.258 e. The van der Waals surface area contributed by atoms with E-state index in [1.54, 1.807) is 0 Å². The van der Waals surface area contributed by atoms with Crippen molar-refractivity contribution >= 4 is 5.91 Å². The first-order valence-electron chi connectivity index (χ1n) is 13.1. The number of aromatic nitrogens is 2. The predicted octanol–water partition coefficient (Wildman–Crippen LogP) is 3.70. The lowest BCUT2D eigenvalue weighted by atomic mass is 9.97. The molecule has 9 heteroatoms. The van der Waals surface area contributed by atoms with E-state index in [0.717, 1.165) is 35.3 Å². The molecule has 0 aliphatic heterocycles. The first-order chi connectivity index (χ1) is 18.1. The van der Waals surface area contributed by atoms with Crippen LogP contribution in [0.3, 0.4) is 0 Å². The van der Waals surface area contributed by atoms with Gasteiger partial charge in [0.05, 0.1) is 0 Å². The Balaban J connectivity index is 1.83. The highest BCUT2D eigenvalue weighted by atomic mass is 16.5. The molecular formula is C29H40N4O5. The molecule has 1 aromatic heterocycles. The summed E-state index contributed by atoms with van der Waals surface area (Å²) in [4.78, 5) is 18.2. The highest BCUT2D eigenvalue weighted by Crippen LogP contribution is 2.32. The van der Waals surface area contributed by atoms with Crippen molar-refractivity contribution in [2.45, 2.75) is 59.6 Å². The molecule has 0 radical (unpaired) electrons. The molecule has 0 fully saturated rings. The van der Waals surface area contributed by atoms with Crippen LogP contribution in [0.4, 0.5) is 0 Å². The maximum atomic E-state index is 11.2. The summed E-state index contributed by atoms with van der Waals surface area (Å²) in [6.07, 6.45) is -0.200. The van der Waals surface area contributed by atoms with Crippen LogP contribution in [0.15, 0.2) is 34.9 Å². The summed E-state index contributed by atoms with van der Waals surface area (Å²) in [6, 6.07) is 10.4. The van der Waals surface area contributed by atoms with Crippen LogP contribution in [0.5, 0.6) is 5.75 Å². The van der Waals surface area contributed by atoms with Gasteiger partial charge in [-0.05, 0) is 79.4 Å². The number of nitrogens with one attached hydrogen (secondary N) is 1. The van der Waals surface area contributed by atoms with Crippen LogP contribution in [0.1, 0.15) is 55.9 Å². The van der Waals surface area contributed by atoms with Gasteiger partial charge in [-0.2, -0.15) is 4.98 Å². The van der Waals surface area contributed by atoms with E-state index in [0.29, 0.717) is 29.8 Å². The number of amides is 1. The number of aliphatic hydroxyl groups is 2. The Kier molecular flexibility index (Phi) is 10.4. The molecule has 38 heavy (non-hydrogen) atoms. The van der Waals surface area contributed by atoms with Gasteiger partial charge < -0.3 is 29.7 Å². The molecule has 3 N–H and O–H groups in total. The first-order valence-corrected chi connectivity index (χ1v) is 13.1. The number of benzene rings is 2. The average molecular weight is 525 g/mol. The van der Waals surface area contributed by atoms with Gasteiger partial charge in [0.15, 0.2) is 0 Å². The summed E-state index contributed by atoms with van der Waals surface area (Å²) < 4.78 is 11.6. The van der Waals surface area contributed by atoms with Crippen LogP contribution in [-0.2, 0) is 17.8 Å². The zero-order valence-electron chi connectivity index (χ0n) is 23.2. The quantitative estimate of drug-likeness (QED) is 0.310. The zero-order valence-corrected chi connectivity index (χ0v) is 23.2. The molecule has 2 aromatic carbocycles. The molecule has 0 spiro atoms. The molecule has 3 aromatic rings. The molecule has 0 aliphatic carbocycles. The molecule has 0 saturated carbocycles. The Morgan fingerprint density at radius 3 is 2.58 bits per heavy atom. The van der Waals surface area contributed by atoms with E-state index >= 15 is 0 Å². The lowest BCUT2D eigenvalue weighted by molar-refractivity contribution is -0.124. The Bertz CT molecular complexity index is 1220. The number of nitrogens with zero attached hydrogens (tertiary/aromatic N) is 3. The molecule has 9 nitrogen and oxygen atoms in total. The van der Waals surface area contributed by atoms with Crippen LogP contribution >= 0.6 is 0 Å². The molecule has 1 heterocycles. The van der Waals surface area contributed by atoms with Crippen LogP contribution in [0, 0.1) is 6.92 Å². The van der Waals surface area contributed by atoms with Gasteiger partial charge in [-0.25, -0.2) is 0 Å². The van der Waals surface area contributed by atoms with Crippen LogP contribution in [-0.4, -0.2) is 70.6 Å². The van der Waals surface area contributed by atoms with Gasteiger partial charge in [-0.3, -0.25) is 4.79 Å². The van der Waals surface area contributed by atoms with E-state index in [1.807, 2.05) is 26.0 Å². The van der Waals surface area contributed by atoms with Crippen molar-refractivity contribution in [1.29, 1.82) is 0 Å². The van der Waals surface area contributed by atoms with E-state index in [1.165, 1.54) is 11.1 Å². The summed E-state index contributed by atoms with van der Waals surface area (Å²) in [5.74, 6) is 1.49. The average Bonchev–Trinajstić information content (AvgIpc) is 3.40. The van der Waals surface area contributed by atoms with Crippen molar-refractivity contribution in [3.05, 3.63) is 52.6 Å². The fraction of sp³-hybridized carbons (Fsp3) is 0.483. The summed E-state index contributed by atoms with van der Waals surface area (Å²) in [7, 11) is 2.10. The minimum atomic E-state index is -0.905. The fourth-order valence-corrected chi connectivity index (χ4v) is 4.12. The first kappa shape index (κ1) is 29.3. The second-order valence-corrected chi connectivity index (χ2v) is 9.93. The van der Waals surface area contributed by atoms with Gasteiger partial charge in [0, 0.05) is 24.2 Å². The Labute approximate surface area is 224 Å².